The molecule has 2 aromatic rings. The number of nitrogens with zero attached hydrogens (tertiary/aromatic N) is 2. The van der Waals surface area contributed by atoms with Crippen LogP contribution in [0.1, 0.15) is 29.3 Å². The van der Waals surface area contributed by atoms with Gasteiger partial charge in [-0.2, -0.15) is 4.72 Å². The quantitative estimate of drug-likeness (QED) is 0.761. The van der Waals surface area contributed by atoms with Gasteiger partial charge in [-0.1, -0.05) is 29.8 Å². The van der Waals surface area contributed by atoms with Crippen LogP contribution in [0.15, 0.2) is 53.4 Å². The number of carbonyl (C=O) groups is 2. The molecular weight excluding hydrogens is 421 g/mol. The van der Waals surface area contributed by atoms with E-state index in [-0.39, 0.29) is 5.91 Å². The molecule has 1 aliphatic rings. The van der Waals surface area contributed by atoms with E-state index in [1.54, 1.807) is 11.0 Å². The Hall–Kier alpha value is -2.78. The Morgan fingerprint density at radius 3 is 2.39 bits per heavy atom. The normalized spacial score (nSPS) is 16.0. The molecule has 1 fully saturated rings. The minimum Gasteiger partial charge on any atom is -0.339 e. The van der Waals surface area contributed by atoms with Gasteiger partial charge in [-0.15, -0.1) is 0 Å². The minimum absolute atomic E-state index is 0.0914. The molecule has 0 spiro atoms. The third-order valence-corrected chi connectivity index (χ3v) is 6.76. The summed E-state index contributed by atoms with van der Waals surface area (Å²) in [5.41, 5.74) is 1.60. The van der Waals surface area contributed by atoms with Gasteiger partial charge in [-0.05, 0) is 44.5 Å². The second-order valence-corrected chi connectivity index (χ2v) is 9.30. The van der Waals surface area contributed by atoms with Crippen LogP contribution in [0.2, 0.25) is 0 Å². The number of rotatable bonds is 5. The predicted molar refractivity (Wildman–Crippen MR) is 114 cm³/mol. The summed E-state index contributed by atoms with van der Waals surface area (Å²) >= 11 is 0. The van der Waals surface area contributed by atoms with Gasteiger partial charge in [0.15, 0.2) is 0 Å². The van der Waals surface area contributed by atoms with Crippen LogP contribution in [-0.4, -0.2) is 62.3 Å². The van der Waals surface area contributed by atoms with Crippen LogP contribution in [-0.2, 0) is 14.8 Å². The van der Waals surface area contributed by atoms with Crippen molar-refractivity contribution >= 4 is 21.8 Å². The van der Waals surface area contributed by atoms with Gasteiger partial charge >= 0.3 is 0 Å². The lowest BCUT2D eigenvalue weighted by molar-refractivity contribution is -0.132. The first-order valence-electron chi connectivity index (χ1n) is 10.1. The van der Waals surface area contributed by atoms with E-state index in [1.807, 2.05) is 25.1 Å². The van der Waals surface area contributed by atoms with Gasteiger partial charge in [0.1, 0.15) is 10.7 Å². The summed E-state index contributed by atoms with van der Waals surface area (Å²) in [4.78, 5) is 28.4. The molecule has 0 bridgehead atoms. The Morgan fingerprint density at radius 2 is 1.68 bits per heavy atom. The van der Waals surface area contributed by atoms with Crippen LogP contribution in [0.4, 0.5) is 4.39 Å². The smallest absolute Gasteiger partial charge is 0.253 e. The van der Waals surface area contributed by atoms with Crippen molar-refractivity contribution in [1.82, 2.24) is 14.5 Å². The van der Waals surface area contributed by atoms with E-state index < -0.39 is 32.7 Å². The molecule has 0 aliphatic carbocycles. The van der Waals surface area contributed by atoms with Crippen molar-refractivity contribution in [2.75, 3.05) is 26.2 Å². The number of halogens is 1. The molecule has 9 heteroatoms. The first-order valence-corrected chi connectivity index (χ1v) is 11.6. The highest BCUT2D eigenvalue weighted by Gasteiger charge is 2.29. The Balaban J connectivity index is 1.63. The average Bonchev–Trinajstić information content (AvgIpc) is 2.98. The van der Waals surface area contributed by atoms with Crippen molar-refractivity contribution in [3.63, 3.8) is 0 Å². The number of sulfonamides is 1. The van der Waals surface area contributed by atoms with Gasteiger partial charge in [0.05, 0.1) is 6.04 Å². The molecule has 1 atom stereocenters. The number of benzene rings is 2. The number of amides is 2. The summed E-state index contributed by atoms with van der Waals surface area (Å²) in [7, 11) is -4.18. The van der Waals surface area contributed by atoms with Crippen LogP contribution in [0.25, 0.3) is 0 Å². The third kappa shape index (κ3) is 5.48. The molecule has 2 aromatic carbocycles. The number of aryl methyl sites for hydroxylation is 1. The highest BCUT2D eigenvalue weighted by atomic mass is 32.2. The number of hydrogen-bond acceptors (Lipinski definition) is 4. The molecule has 0 aromatic heterocycles. The van der Waals surface area contributed by atoms with Crippen LogP contribution >= 0.6 is 0 Å². The maximum absolute atomic E-state index is 13.9. The van der Waals surface area contributed by atoms with Crippen LogP contribution in [0.5, 0.6) is 0 Å². The van der Waals surface area contributed by atoms with Crippen molar-refractivity contribution in [3.05, 3.63) is 65.5 Å². The van der Waals surface area contributed by atoms with E-state index in [0.717, 1.165) is 17.7 Å². The molecule has 0 unspecified atom stereocenters. The van der Waals surface area contributed by atoms with Gasteiger partial charge in [-0.3, -0.25) is 9.59 Å². The molecule has 2 amide bonds. The van der Waals surface area contributed by atoms with E-state index in [9.17, 15) is 22.4 Å². The zero-order valence-electron chi connectivity index (χ0n) is 17.5. The van der Waals surface area contributed by atoms with E-state index in [0.29, 0.717) is 38.2 Å². The summed E-state index contributed by atoms with van der Waals surface area (Å²) in [5.74, 6) is -1.38. The van der Waals surface area contributed by atoms with Crippen molar-refractivity contribution in [2.24, 2.45) is 0 Å². The number of hydrogen-bond donors (Lipinski definition) is 1. The molecule has 1 saturated heterocycles. The standard InChI is InChI=1S/C22H26FN3O4S/c1-16-7-5-8-18(15-16)22(28)26-12-6-11-25(13-14-26)21(27)17(2)24-31(29,30)20-10-4-3-9-19(20)23/h3-5,7-10,15,17,24H,6,11-14H2,1-2H3/t17-/m0/s1. The predicted octanol–water partition coefficient (Wildman–Crippen LogP) is 2.18. The van der Waals surface area contributed by atoms with Gasteiger partial charge in [0, 0.05) is 31.7 Å². The van der Waals surface area contributed by atoms with E-state index in [2.05, 4.69) is 4.72 Å². The molecular formula is C22H26FN3O4S. The molecule has 7 nitrogen and oxygen atoms in total. The molecule has 1 N–H and O–H groups in total. The lowest BCUT2D eigenvalue weighted by atomic mass is 10.1. The van der Waals surface area contributed by atoms with Crippen LogP contribution in [0.3, 0.4) is 0 Å². The number of carbonyl (C=O) groups excluding carboxylic acids is 2. The fourth-order valence-electron chi connectivity index (χ4n) is 3.58. The molecule has 1 aliphatic heterocycles. The molecule has 31 heavy (non-hydrogen) atoms. The van der Waals surface area contributed by atoms with Crippen LogP contribution in [0, 0.1) is 12.7 Å². The number of nitrogens with one attached hydrogen (secondary N) is 1. The van der Waals surface area contributed by atoms with E-state index in [4.69, 9.17) is 0 Å². The van der Waals surface area contributed by atoms with Crippen molar-refractivity contribution < 1.29 is 22.4 Å². The Kier molecular flexibility index (Phi) is 7.07. The molecule has 0 saturated carbocycles. The second-order valence-electron chi connectivity index (χ2n) is 7.61. The fraction of sp³-hybridized carbons (Fsp3) is 0.364. The fourth-order valence-corrected chi connectivity index (χ4v) is 4.86. The first-order chi connectivity index (χ1) is 14.7. The lowest BCUT2D eigenvalue weighted by Gasteiger charge is -2.25. The maximum atomic E-state index is 13.9. The monoisotopic (exact) mass is 447 g/mol. The summed E-state index contributed by atoms with van der Waals surface area (Å²) in [6.45, 7) is 4.91. The van der Waals surface area contributed by atoms with Crippen molar-refractivity contribution in [1.29, 1.82) is 0 Å². The SMILES string of the molecule is Cc1cccc(C(=O)N2CCCN(C(=O)[C@H](C)NS(=O)(=O)c3ccccc3F)CC2)c1. The highest BCUT2D eigenvalue weighted by Crippen LogP contribution is 2.15. The van der Waals surface area contributed by atoms with Crippen LogP contribution < -0.4 is 4.72 Å². The zero-order chi connectivity index (χ0) is 22.6. The van der Waals surface area contributed by atoms with Gasteiger partial charge in [0.25, 0.3) is 5.91 Å². The largest absolute Gasteiger partial charge is 0.339 e. The third-order valence-electron chi connectivity index (χ3n) is 5.19. The van der Waals surface area contributed by atoms with Gasteiger partial charge in [-0.25, -0.2) is 12.8 Å². The molecule has 0 radical (unpaired) electrons. The second kappa shape index (κ2) is 9.57. The Labute approximate surface area is 181 Å². The van der Waals surface area contributed by atoms with Gasteiger partial charge in [0.2, 0.25) is 15.9 Å². The highest BCUT2D eigenvalue weighted by molar-refractivity contribution is 7.89. The van der Waals surface area contributed by atoms with E-state index in [1.165, 1.54) is 24.0 Å². The summed E-state index contributed by atoms with van der Waals surface area (Å²) in [6, 6.07) is 11.3. The first kappa shape index (κ1) is 22.9. The zero-order valence-corrected chi connectivity index (χ0v) is 18.4. The topological polar surface area (TPSA) is 86.8 Å². The Bertz CT molecular complexity index is 1070. The summed E-state index contributed by atoms with van der Waals surface area (Å²) < 4.78 is 41.1. The molecule has 1 heterocycles. The lowest BCUT2D eigenvalue weighted by Crippen LogP contribution is -2.48. The van der Waals surface area contributed by atoms with E-state index >= 15 is 0 Å². The molecule has 3 rings (SSSR count). The maximum Gasteiger partial charge on any atom is 0.253 e. The average molecular weight is 448 g/mol. The van der Waals surface area contributed by atoms with Crippen molar-refractivity contribution in [3.8, 4) is 0 Å². The minimum atomic E-state index is -4.18. The van der Waals surface area contributed by atoms with Gasteiger partial charge < -0.3 is 9.80 Å². The van der Waals surface area contributed by atoms with Crippen molar-refractivity contribution in [2.45, 2.75) is 31.2 Å². The Morgan fingerprint density at radius 1 is 1.00 bits per heavy atom. The summed E-state index contributed by atoms with van der Waals surface area (Å²) in [6.07, 6.45) is 0.579. The summed E-state index contributed by atoms with van der Waals surface area (Å²) in [5, 5.41) is 0. The molecule has 166 valence electrons.